The highest BCUT2D eigenvalue weighted by atomic mass is 35.5. The first-order chi connectivity index (χ1) is 8.15. The van der Waals surface area contributed by atoms with E-state index in [9.17, 15) is 9.59 Å². The molecule has 1 amide bonds. The molecule has 2 heterocycles. The maximum atomic E-state index is 11.7. The van der Waals surface area contributed by atoms with Gasteiger partial charge in [0.2, 0.25) is 5.91 Å². The Morgan fingerprint density at radius 3 is 3.12 bits per heavy atom. The van der Waals surface area contributed by atoms with Gasteiger partial charge in [-0.2, -0.15) is 0 Å². The first kappa shape index (κ1) is 12.3. The predicted molar refractivity (Wildman–Crippen MR) is 64.6 cm³/mol. The fourth-order valence-corrected chi connectivity index (χ4v) is 2.72. The third kappa shape index (κ3) is 2.42. The molecular weight excluding hydrogens is 264 g/mol. The zero-order valence-electron chi connectivity index (χ0n) is 9.18. The molecule has 92 valence electrons. The maximum absolute atomic E-state index is 11.7. The molecule has 0 radical (unpaired) electrons. The molecule has 1 fully saturated rings. The molecule has 1 unspecified atom stereocenters. The molecule has 1 aromatic heterocycles. The Morgan fingerprint density at radius 2 is 2.53 bits per heavy atom. The quantitative estimate of drug-likeness (QED) is 0.619. The first-order valence-electron chi connectivity index (χ1n) is 5.06. The van der Waals surface area contributed by atoms with E-state index in [0.29, 0.717) is 28.9 Å². The highest BCUT2D eigenvalue weighted by Crippen LogP contribution is 2.29. The second-order valence-electron chi connectivity index (χ2n) is 3.73. The molecule has 1 aliphatic heterocycles. The summed E-state index contributed by atoms with van der Waals surface area (Å²) < 4.78 is 4.59. The number of anilines is 1. The fraction of sp³-hybridized carbons (Fsp3) is 0.500. The van der Waals surface area contributed by atoms with Crippen LogP contribution in [0.1, 0.15) is 16.1 Å². The van der Waals surface area contributed by atoms with Crippen LogP contribution in [0.15, 0.2) is 6.20 Å². The van der Waals surface area contributed by atoms with Gasteiger partial charge in [0.25, 0.3) is 0 Å². The zero-order chi connectivity index (χ0) is 12.4. The van der Waals surface area contributed by atoms with Crippen molar-refractivity contribution in [3.05, 3.63) is 11.1 Å². The summed E-state index contributed by atoms with van der Waals surface area (Å²) in [6, 6.07) is 0. The van der Waals surface area contributed by atoms with Crippen LogP contribution in [0.5, 0.6) is 0 Å². The van der Waals surface area contributed by atoms with Gasteiger partial charge in [0.05, 0.1) is 13.3 Å². The fourth-order valence-electron chi connectivity index (χ4n) is 1.65. The second-order valence-corrected chi connectivity index (χ2v) is 5.05. The molecular formula is C10H11ClN2O3S. The number of carbonyl (C=O) groups excluding carboxylic acids is 2. The molecule has 0 saturated carbocycles. The van der Waals surface area contributed by atoms with Crippen molar-refractivity contribution in [3.63, 3.8) is 0 Å². The number of thiazole rings is 1. The lowest BCUT2D eigenvalue weighted by molar-refractivity contribution is -0.117. The lowest BCUT2D eigenvalue weighted by Gasteiger charge is -2.11. The van der Waals surface area contributed by atoms with E-state index < -0.39 is 5.97 Å². The van der Waals surface area contributed by atoms with Crippen LogP contribution in [0.2, 0.25) is 0 Å². The van der Waals surface area contributed by atoms with E-state index in [-0.39, 0.29) is 11.8 Å². The molecule has 2 rings (SSSR count). The van der Waals surface area contributed by atoms with Crippen LogP contribution in [0.4, 0.5) is 5.13 Å². The average Bonchev–Trinajstić information content (AvgIpc) is 2.94. The molecule has 1 saturated heterocycles. The molecule has 7 heteroatoms. The normalized spacial score (nSPS) is 19.8. The van der Waals surface area contributed by atoms with Gasteiger partial charge < -0.3 is 4.74 Å². The summed E-state index contributed by atoms with van der Waals surface area (Å²) in [5.74, 6) is 0.183. The SMILES string of the molecule is COC(=O)c1cnc(N2CC(CCl)CC2=O)s1. The van der Waals surface area contributed by atoms with Crippen molar-refractivity contribution in [2.75, 3.05) is 24.4 Å². The summed E-state index contributed by atoms with van der Waals surface area (Å²) in [5, 5.41) is 0.531. The number of alkyl halides is 1. The minimum absolute atomic E-state index is 0.00131. The van der Waals surface area contributed by atoms with Crippen molar-refractivity contribution in [3.8, 4) is 0 Å². The number of hydrogen-bond acceptors (Lipinski definition) is 5. The minimum Gasteiger partial charge on any atom is -0.465 e. The largest absolute Gasteiger partial charge is 0.465 e. The van der Waals surface area contributed by atoms with Gasteiger partial charge in [-0.3, -0.25) is 9.69 Å². The van der Waals surface area contributed by atoms with Crippen LogP contribution in [0.3, 0.4) is 0 Å². The Morgan fingerprint density at radius 1 is 1.76 bits per heavy atom. The second kappa shape index (κ2) is 5.01. The summed E-state index contributed by atoms with van der Waals surface area (Å²) in [4.78, 5) is 29.0. The van der Waals surface area contributed by atoms with Gasteiger partial charge in [-0.25, -0.2) is 9.78 Å². The van der Waals surface area contributed by atoms with Gasteiger partial charge in [0.1, 0.15) is 4.88 Å². The lowest BCUT2D eigenvalue weighted by Crippen LogP contribution is -2.24. The summed E-state index contributed by atoms with van der Waals surface area (Å²) in [6.07, 6.45) is 1.86. The summed E-state index contributed by atoms with van der Waals surface area (Å²) in [5.41, 5.74) is 0. The number of methoxy groups -OCH3 is 1. The molecule has 1 aromatic rings. The van der Waals surface area contributed by atoms with E-state index in [2.05, 4.69) is 9.72 Å². The van der Waals surface area contributed by atoms with Crippen molar-refractivity contribution >= 4 is 39.9 Å². The Labute approximate surface area is 107 Å². The van der Waals surface area contributed by atoms with E-state index in [4.69, 9.17) is 11.6 Å². The van der Waals surface area contributed by atoms with Crippen LogP contribution < -0.4 is 4.90 Å². The zero-order valence-corrected chi connectivity index (χ0v) is 10.8. The van der Waals surface area contributed by atoms with Crippen molar-refractivity contribution in [1.29, 1.82) is 0 Å². The predicted octanol–water partition coefficient (Wildman–Crippen LogP) is 1.52. The maximum Gasteiger partial charge on any atom is 0.349 e. The minimum atomic E-state index is -0.436. The van der Waals surface area contributed by atoms with Crippen molar-refractivity contribution in [2.45, 2.75) is 6.42 Å². The van der Waals surface area contributed by atoms with E-state index in [1.807, 2.05) is 0 Å². The number of ether oxygens (including phenoxy) is 1. The molecule has 0 bridgehead atoms. The number of esters is 1. The summed E-state index contributed by atoms with van der Waals surface area (Å²) >= 11 is 6.89. The topological polar surface area (TPSA) is 59.5 Å². The Bertz CT molecular complexity index is 449. The van der Waals surface area contributed by atoms with E-state index >= 15 is 0 Å². The highest BCUT2D eigenvalue weighted by Gasteiger charge is 2.32. The highest BCUT2D eigenvalue weighted by molar-refractivity contribution is 7.17. The van der Waals surface area contributed by atoms with E-state index in [1.165, 1.54) is 13.3 Å². The molecule has 1 atom stereocenters. The number of rotatable bonds is 3. The first-order valence-corrected chi connectivity index (χ1v) is 6.41. The van der Waals surface area contributed by atoms with E-state index in [1.54, 1.807) is 4.90 Å². The van der Waals surface area contributed by atoms with Gasteiger partial charge in [-0.1, -0.05) is 11.3 Å². The smallest absolute Gasteiger partial charge is 0.349 e. The number of amides is 1. The van der Waals surface area contributed by atoms with Crippen LogP contribution >= 0.6 is 22.9 Å². The summed E-state index contributed by atoms with van der Waals surface area (Å²) in [7, 11) is 1.31. The van der Waals surface area contributed by atoms with Gasteiger partial charge in [-0.05, 0) is 5.92 Å². The Balaban J connectivity index is 2.15. The van der Waals surface area contributed by atoms with Crippen LogP contribution in [0.25, 0.3) is 0 Å². The number of halogens is 1. The Kier molecular flexibility index (Phi) is 3.63. The lowest BCUT2D eigenvalue weighted by atomic mass is 10.2. The number of carbonyl (C=O) groups is 2. The summed E-state index contributed by atoms with van der Waals surface area (Å²) in [6.45, 7) is 0.566. The molecule has 0 N–H and O–H groups in total. The average molecular weight is 275 g/mol. The number of aromatic nitrogens is 1. The number of nitrogens with zero attached hydrogens (tertiary/aromatic N) is 2. The standard InChI is InChI=1S/C10H11ClN2O3S/c1-16-9(15)7-4-12-10(17-7)13-5-6(3-11)2-8(13)14/h4,6H,2-3,5H2,1H3. The molecule has 1 aliphatic rings. The van der Waals surface area contributed by atoms with Crippen LogP contribution in [0, 0.1) is 5.92 Å². The van der Waals surface area contributed by atoms with Crippen molar-refractivity contribution in [1.82, 2.24) is 4.98 Å². The van der Waals surface area contributed by atoms with Crippen molar-refractivity contribution < 1.29 is 14.3 Å². The van der Waals surface area contributed by atoms with Crippen LogP contribution in [-0.2, 0) is 9.53 Å². The third-order valence-corrected chi connectivity index (χ3v) is 3.97. The van der Waals surface area contributed by atoms with Crippen molar-refractivity contribution in [2.24, 2.45) is 5.92 Å². The molecule has 5 nitrogen and oxygen atoms in total. The molecule has 0 aliphatic carbocycles. The van der Waals surface area contributed by atoms with E-state index in [0.717, 1.165) is 11.3 Å². The third-order valence-electron chi connectivity index (χ3n) is 2.53. The molecule has 0 aromatic carbocycles. The monoisotopic (exact) mass is 274 g/mol. The number of hydrogen-bond donors (Lipinski definition) is 0. The van der Waals surface area contributed by atoms with Crippen LogP contribution in [-0.4, -0.2) is 36.4 Å². The Hall–Kier alpha value is -1.14. The molecule has 17 heavy (non-hydrogen) atoms. The van der Waals surface area contributed by atoms with Gasteiger partial charge in [0.15, 0.2) is 5.13 Å². The van der Waals surface area contributed by atoms with Gasteiger partial charge >= 0.3 is 5.97 Å². The van der Waals surface area contributed by atoms with Gasteiger partial charge in [0, 0.05) is 18.8 Å². The molecule has 0 spiro atoms. The van der Waals surface area contributed by atoms with Gasteiger partial charge in [-0.15, -0.1) is 11.6 Å².